The van der Waals surface area contributed by atoms with Gasteiger partial charge in [-0.3, -0.25) is 9.59 Å². The molecule has 1 rings (SSSR count). The van der Waals surface area contributed by atoms with Crippen LogP contribution in [-0.4, -0.2) is 35.8 Å². The van der Waals surface area contributed by atoms with E-state index >= 15 is 0 Å². The van der Waals surface area contributed by atoms with E-state index in [1.165, 1.54) is 0 Å². The van der Waals surface area contributed by atoms with Gasteiger partial charge >= 0.3 is 0 Å². The molecule has 1 saturated carbocycles. The molecule has 92 valence electrons. The summed E-state index contributed by atoms with van der Waals surface area (Å²) in [5, 5.41) is 2.80. The second kappa shape index (κ2) is 5.87. The van der Waals surface area contributed by atoms with Crippen LogP contribution in [0, 0.1) is 5.92 Å². The highest BCUT2D eigenvalue weighted by molar-refractivity contribution is 5.86. The zero-order valence-electron chi connectivity index (χ0n) is 10.5. The molecule has 0 aromatic rings. The van der Waals surface area contributed by atoms with Crippen LogP contribution >= 0.6 is 0 Å². The van der Waals surface area contributed by atoms with Gasteiger partial charge in [0, 0.05) is 18.5 Å². The van der Waals surface area contributed by atoms with Gasteiger partial charge in [-0.05, 0) is 33.6 Å². The van der Waals surface area contributed by atoms with Crippen LogP contribution in [0.25, 0.3) is 0 Å². The van der Waals surface area contributed by atoms with Crippen LogP contribution in [0.5, 0.6) is 0 Å². The van der Waals surface area contributed by atoms with E-state index in [1.807, 2.05) is 20.8 Å². The fourth-order valence-corrected chi connectivity index (χ4v) is 1.80. The molecule has 1 fully saturated rings. The molecule has 1 aliphatic rings. The minimum Gasteiger partial charge on any atom is -0.352 e. The standard InChI is InChI=1S/C12H22N2O2/c1-4-14(8-11(15)13-9(2)3)12(16)10-6-5-7-10/h9-10H,4-8H2,1-3H3,(H,13,15). The summed E-state index contributed by atoms with van der Waals surface area (Å²) in [5.41, 5.74) is 0. The summed E-state index contributed by atoms with van der Waals surface area (Å²) in [4.78, 5) is 25.1. The van der Waals surface area contributed by atoms with Crippen LogP contribution in [0.1, 0.15) is 40.0 Å². The summed E-state index contributed by atoms with van der Waals surface area (Å²) in [6, 6.07) is 0.130. The Labute approximate surface area is 97.4 Å². The Bertz CT molecular complexity index is 260. The van der Waals surface area contributed by atoms with Crippen molar-refractivity contribution in [1.82, 2.24) is 10.2 Å². The maximum atomic E-state index is 11.9. The third-order valence-corrected chi connectivity index (χ3v) is 2.93. The van der Waals surface area contributed by atoms with Crippen molar-refractivity contribution in [3.63, 3.8) is 0 Å². The number of carbonyl (C=O) groups excluding carboxylic acids is 2. The van der Waals surface area contributed by atoms with Crippen LogP contribution in [-0.2, 0) is 9.59 Å². The smallest absolute Gasteiger partial charge is 0.239 e. The Morgan fingerprint density at radius 2 is 2.00 bits per heavy atom. The van der Waals surface area contributed by atoms with Gasteiger partial charge in [-0.1, -0.05) is 6.42 Å². The van der Waals surface area contributed by atoms with Crippen molar-refractivity contribution in [2.75, 3.05) is 13.1 Å². The number of likely N-dealkylation sites (N-methyl/N-ethyl adjacent to an activating group) is 1. The average Bonchev–Trinajstić information content (AvgIpc) is 2.09. The van der Waals surface area contributed by atoms with Crippen LogP contribution in [0.15, 0.2) is 0 Å². The summed E-state index contributed by atoms with van der Waals surface area (Å²) in [6.45, 7) is 6.56. The summed E-state index contributed by atoms with van der Waals surface area (Å²) in [6.07, 6.45) is 3.12. The van der Waals surface area contributed by atoms with E-state index in [-0.39, 0.29) is 30.3 Å². The predicted octanol–water partition coefficient (Wildman–Crippen LogP) is 1.16. The van der Waals surface area contributed by atoms with Gasteiger partial charge in [0.2, 0.25) is 11.8 Å². The Morgan fingerprint density at radius 3 is 2.38 bits per heavy atom. The number of hydrogen-bond donors (Lipinski definition) is 1. The molecule has 0 heterocycles. The average molecular weight is 226 g/mol. The molecular formula is C12H22N2O2. The monoisotopic (exact) mass is 226 g/mol. The third-order valence-electron chi connectivity index (χ3n) is 2.93. The second-order valence-electron chi connectivity index (χ2n) is 4.70. The van der Waals surface area contributed by atoms with Crippen LogP contribution < -0.4 is 5.32 Å². The number of nitrogens with zero attached hydrogens (tertiary/aromatic N) is 1. The molecule has 4 nitrogen and oxygen atoms in total. The molecule has 0 aromatic heterocycles. The molecule has 0 atom stereocenters. The Balaban J connectivity index is 2.41. The zero-order valence-corrected chi connectivity index (χ0v) is 10.5. The normalized spacial score (nSPS) is 15.8. The number of rotatable bonds is 5. The second-order valence-corrected chi connectivity index (χ2v) is 4.70. The number of nitrogens with one attached hydrogen (secondary N) is 1. The maximum absolute atomic E-state index is 11.9. The molecule has 1 N–H and O–H groups in total. The van der Waals surface area contributed by atoms with Gasteiger partial charge in [0.1, 0.15) is 0 Å². The van der Waals surface area contributed by atoms with Crippen molar-refractivity contribution in [2.24, 2.45) is 5.92 Å². The van der Waals surface area contributed by atoms with E-state index in [4.69, 9.17) is 0 Å². The van der Waals surface area contributed by atoms with Gasteiger partial charge in [0.25, 0.3) is 0 Å². The van der Waals surface area contributed by atoms with Crippen molar-refractivity contribution in [3.05, 3.63) is 0 Å². The summed E-state index contributed by atoms with van der Waals surface area (Å²) in [5.74, 6) is 0.254. The van der Waals surface area contributed by atoms with Gasteiger partial charge in [-0.15, -0.1) is 0 Å². The van der Waals surface area contributed by atoms with E-state index in [2.05, 4.69) is 5.32 Å². The lowest BCUT2D eigenvalue weighted by Gasteiger charge is -2.30. The number of hydrogen-bond acceptors (Lipinski definition) is 2. The van der Waals surface area contributed by atoms with Crippen molar-refractivity contribution in [2.45, 2.75) is 46.1 Å². The highest BCUT2D eigenvalue weighted by Gasteiger charge is 2.29. The topological polar surface area (TPSA) is 49.4 Å². The van der Waals surface area contributed by atoms with E-state index in [9.17, 15) is 9.59 Å². The first-order valence-corrected chi connectivity index (χ1v) is 6.12. The molecule has 0 bridgehead atoms. The van der Waals surface area contributed by atoms with E-state index < -0.39 is 0 Å². The number of carbonyl (C=O) groups is 2. The van der Waals surface area contributed by atoms with Gasteiger partial charge in [-0.25, -0.2) is 0 Å². The zero-order chi connectivity index (χ0) is 12.1. The van der Waals surface area contributed by atoms with E-state index in [0.29, 0.717) is 6.54 Å². The Kier molecular flexibility index (Phi) is 4.77. The van der Waals surface area contributed by atoms with Crippen LogP contribution in [0.4, 0.5) is 0 Å². The van der Waals surface area contributed by atoms with Crippen molar-refractivity contribution in [1.29, 1.82) is 0 Å². The van der Waals surface area contributed by atoms with E-state index in [1.54, 1.807) is 4.90 Å². The summed E-state index contributed by atoms with van der Waals surface area (Å²) < 4.78 is 0. The molecule has 0 saturated heterocycles. The lowest BCUT2D eigenvalue weighted by molar-refractivity contribution is -0.141. The minimum atomic E-state index is -0.0653. The Hall–Kier alpha value is -1.06. The molecule has 0 unspecified atom stereocenters. The van der Waals surface area contributed by atoms with Crippen molar-refractivity contribution >= 4 is 11.8 Å². The molecule has 0 spiro atoms. The van der Waals surface area contributed by atoms with Crippen molar-refractivity contribution < 1.29 is 9.59 Å². The van der Waals surface area contributed by atoms with Crippen molar-refractivity contribution in [3.8, 4) is 0 Å². The van der Waals surface area contributed by atoms with E-state index in [0.717, 1.165) is 19.3 Å². The molecule has 0 aliphatic heterocycles. The van der Waals surface area contributed by atoms with Gasteiger partial charge in [-0.2, -0.15) is 0 Å². The summed E-state index contributed by atoms with van der Waals surface area (Å²) >= 11 is 0. The van der Waals surface area contributed by atoms with Gasteiger partial charge in [0.05, 0.1) is 6.54 Å². The fraction of sp³-hybridized carbons (Fsp3) is 0.833. The highest BCUT2D eigenvalue weighted by atomic mass is 16.2. The first-order valence-electron chi connectivity index (χ1n) is 6.12. The maximum Gasteiger partial charge on any atom is 0.239 e. The molecule has 4 heteroatoms. The molecule has 1 aliphatic carbocycles. The first-order chi connectivity index (χ1) is 7.54. The molecule has 0 aromatic carbocycles. The fourth-order valence-electron chi connectivity index (χ4n) is 1.80. The molecule has 16 heavy (non-hydrogen) atoms. The van der Waals surface area contributed by atoms with Gasteiger partial charge < -0.3 is 10.2 Å². The predicted molar refractivity (Wildman–Crippen MR) is 62.9 cm³/mol. The highest BCUT2D eigenvalue weighted by Crippen LogP contribution is 2.28. The van der Waals surface area contributed by atoms with Crippen LogP contribution in [0.3, 0.4) is 0 Å². The summed E-state index contributed by atoms with van der Waals surface area (Å²) in [7, 11) is 0. The molecule has 0 radical (unpaired) electrons. The minimum absolute atomic E-state index is 0.0653. The SMILES string of the molecule is CCN(CC(=O)NC(C)C)C(=O)C1CCC1. The largest absolute Gasteiger partial charge is 0.352 e. The number of amides is 2. The lowest BCUT2D eigenvalue weighted by atomic mass is 9.84. The third kappa shape index (κ3) is 3.51. The Morgan fingerprint density at radius 1 is 1.38 bits per heavy atom. The molecule has 2 amide bonds. The first kappa shape index (κ1) is 13.0. The van der Waals surface area contributed by atoms with Crippen LogP contribution in [0.2, 0.25) is 0 Å². The lowest BCUT2D eigenvalue weighted by Crippen LogP contribution is -2.45. The van der Waals surface area contributed by atoms with Gasteiger partial charge in [0.15, 0.2) is 0 Å². The quantitative estimate of drug-likeness (QED) is 0.764. The molecular weight excluding hydrogens is 204 g/mol.